The van der Waals surface area contributed by atoms with Gasteiger partial charge in [-0.05, 0) is 55.0 Å². The first-order valence-electron chi connectivity index (χ1n) is 14.9. The van der Waals surface area contributed by atoms with Crippen LogP contribution in [0.5, 0.6) is 5.75 Å². The van der Waals surface area contributed by atoms with E-state index in [0.29, 0.717) is 54.9 Å². The lowest BCUT2D eigenvalue weighted by atomic mass is 9.55. The number of quaternary nitrogens is 1. The zero-order chi connectivity index (χ0) is 29.5. The number of nitrogens with one attached hydrogen (secondary N) is 1. The number of alkyl halides is 3. The lowest BCUT2D eigenvalue weighted by Gasteiger charge is -2.62. The van der Waals surface area contributed by atoms with Crippen molar-refractivity contribution in [3.05, 3.63) is 71.3 Å². The molecule has 8 heteroatoms. The van der Waals surface area contributed by atoms with Crippen molar-refractivity contribution in [2.75, 3.05) is 19.6 Å². The maximum Gasteiger partial charge on any atom is 0.421 e. The van der Waals surface area contributed by atoms with E-state index >= 15 is 0 Å². The first kappa shape index (κ1) is 29.6. The predicted molar refractivity (Wildman–Crippen MR) is 153 cm³/mol. The normalized spacial score (nSPS) is 30.6. The summed E-state index contributed by atoms with van der Waals surface area (Å²) < 4.78 is 43.4. The van der Waals surface area contributed by atoms with Gasteiger partial charge < -0.3 is 20.0 Å². The fraction of sp³-hybridized carbons (Fsp3) is 0.545. The van der Waals surface area contributed by atoms with Crippen LogP contribution in [0.3, 0.4) is 0 Å². The molecule has 0 radical (unpaired) electrons. The molecule has 4 atom stereocenters. The highest BCUT2D eigenvalue weighted by Crippen LogP contribution is 2.56. The van der Waals surface area contributed by atoms with Crippen LogP contribution in [-0.2, 0) is 10.2 Å². The highest BCUT2D eigenvalue weighted by Gasteiger charge is 2.65. The molecule has 0 spiro atoms. The maximum atomic E-state index is 14.3. The van der Waals surface area contributed by atoms with E-state index in [-0.39, 0.29) is 11.7 Å². The van der Waals surface area contributed by atoms with Gasteiger partial charge in [0.15, 0.2) is 6.17 Å². The Bertz CT molecular complexity index is 1270. The Balaban J connectivity index is 1.60. The molecule has 1 amide bonds. The second-order valence-corrected chi connectivity index (χ2v) is 13.1. The van der Waals surface area contributed by atoms with Gasteiger partial charge in [-0.2, -0.15) is 13.2 Å². The molecule has 5 rings (SSSR count). The monoisotopic (exact) mass is 571 g/mol. The van der Waals surface area contributed by atoms with Crippen molar-refractivity contribution in [2.45, 2.75) is 82.2 Å². The molecule has 41 heavy (non-hydrogen) atoms. The number of fused-ring (bicyclic) bond motifs is 1. The molecule has 222 valence electrons. The van der Waals surface area contributed by atoms with E-state index in [1.807, 2.05) is 6.07 Å². The van der Waals surface area contributed by atoms with Gasteiger partial charge in [-0.3, -0.25) is 4.79 Å². The number of nitrogens with zero attached hydrogens (tertiary/aromatic N) is 1. The zero-order valence-corrected chi connectivity index (χ0v) is 24.0. The number of likely N-dealkylation sites (tertiary alicyclic amines) is 1. The minimum atomic E-state index is -4.84. The molecule has 0 bridgehead atoms. The number of halogens is 3. The number of phenols is 1. The molecular formula is C33H42F3N2O3+. The fourth-order valence-corrected chi connectivity index (χ4v) is 7.74. The van der Waals surface area contributed by atoms with Crippen LogP contribution in [0.1, 0.15) is 69.9 Å². The summed E-state index contributed by atoms with van der Waals surface area (Å²) in [6.07, 6.45) is 0.773. The Morgan fingerprint density at radius 3 is 2.44 bits per heavy atom. The van der Waals surface area contributed by atoms with Crippen LogP contribution < -0.4 is 5.32 Å². The molecule has 1 saturated heterocycles. The molecule has 3 N–H and O–H groups in total. The number of carbonyl (C=O) groups is 1. The van der Waals surface area contributed by atoms with Crippen LogP contribution in [0.2, 0.25) is 0 Å². The van der Waals surface area contributed by atoms with E-state index in [0.717, 1.165) is 37.3 Å². The van der Waals surface area contributed by atoms with Crippen molar-refractivity contribution >= 4 is 12.0 Å². The molecular weight excluding hydrogens is 529 g/mol. The summed E-state index contributed by atoms with van der Waals surface area (Å²) in [7, 11) is 0. The summed E-state index contributed by atoms with van der Waals surface area (Å²) in [5.41, 5.74) is -2.06. The molecule has 3 fully saturated rings. The van der Waals surface area contributed by atoms with E-state index < -0.39 is 34.8 Å². The number of benzene rings is 2. The van der Waals surface area contributed by atoms with Crippen LogP contribution in [0, 0.1) is 11.8 Å². The molecule has 0 aromatic heterocycles. The van der Waals surface area contributed by atoms with E-state index in [2.05, 4.69) is 19.2 Å². The second kappa shape index (κ2) is 11.1. The quantitative estimate of drug-likeness (QED) is 0.257. The summed E-state index contributed by atoms with van der Waals surface area (Å²) in [5, 5.41) is 25.8. The minimum Gasteiger partial charge on any atom is -0.508 e. The summed E-state index contributed by atoms with van der Waals surface area (Å²) >= 11 is 0. The Kier molecular flexibility index (Phi) is 8.03. The van der Waals surface area contributed by atoms with E-state index in [1.54, 1.807) is 48.5 Å². The van der Waals surface area contributed by atoms with Crippen molar-refractivity contribution in [1.29, 1.82) is 0 Å². The molecule has 2 aliphatic carbocycles. The first-order valence-corrected chi connectivity index (χ1v) is 14.9. The third-order valence-corrected chi connectivity index (χ3v) is 9.52. The maximum absolute atomic E-state index is 14.3. The average Bonchev–Trinajstić information content (AvgIpc) is 3.71. The van der Waals surface area contributed by atoms with Crippen LogP contribution >= 0.6 is 0 Å². The van der Waals surface area contributed by atoms with E-state index in [9.17, 15) is 28.2 Å². The third-order valence-electron chi connectivity index (χ3n) is 9.52. The molecule has 3 aliphatic rings. The van der Waals surface area contributed by atoms with Gasteiger partial charge in [-0.15, -0.1) is 0 Å². The lowest BCUT2D eigenvalue weighted by Crippen LogP contribution is -2.78. The van der Waals surface area contributed by atoms with Gasteiger partial charge in [-0.25, -0.2) is 0 Å². The Labute approximate surface area is 240 Å². The van der Waals surface area contributed by atoms with Crippen molar-refractivity contribution in [3.8, 4) is 5.75 Å². The van der Waals surface area contributed by atoms with Gasteiger partial charge in [0.2, 0.25) is 0 Å². The topological polar surface area (TPSA) is 69.6 Å². The molecule has 1 heterocycles. The summed E-state index contributed by atoms with van der Waals surface area (Å²) in [4.78, 5) is 13.7. The number of aromatic hydroxyl groups is 1. The number of phenolic OH excluding ortho intramolecular Hbond substituents is 1. The number of aliphatic hydroxyl groups is 1. The van der Waals surface area contributed by atoms with Crippen molar-refractivity contribution in [1.82, 2.24) is 5.32 Å². The Morgan fingerprint density at radius 1 is 1.10 bits per heavy atom. The smallest absolute Gasteiger partial charge is 0.421 e. The molecule has 2 aromatic rings. The highest BCUT2D eigenvalue weighted by molar-refractivity contribution is 5.99. The summed E-state index contributed by atoms with van der Waals surface area (Å²) in [5.74, 6) is -0.422. The molecule has 2 aromatic carbocycles. The van der Waals surface area contributed by atoms with Crippen molar-refractivity contribution < 1.29 is 32.7 Å². The van der Waals surface area contributed by atoms with Crippen molar-refractivity contribution in [3.63, 3.8) is 0 Å². The number of hydrogen-bond acceptors (Lipinski definition) is 3. The molecule has 1 aliphatic heterocycles. The van der Waals surface area contributed by atoms with Gasteiger partial charge in [0.25, 0.3) is 5.91 Å². The number of hydrogen-bond donors (Lipinski definition) is 3. The predicted octanol–water partition coefficient (Wildman–Crippen LogP) is 6.31. The van der Waals surface area contributed by atoms with Gasteiger partial charge in [-0.1, -0.05) is 69.2 Å². The number of piperidine rings is 1. The largest absolute Gasteiger partial charge is 0.508 e. The Morgan fingerprint density at radius 2 is 1.80 bits per heavy atom. The highest BCUT2D eigenvalue weighted by atomic mass is 19.4. The van der Waals surface area contributed by atoms with Gasteiger partial charge in [0.1, 0.15) is 23.5 Å². The van der Waals surface area contributed by atoms with Gasteiger partial charge >= 0.3 is 6.18 Å². The number of rotatable bonds is 8. The number of amides is 1. The number of carbonyl (C=O) groups excluding carboxylic acids is 1. The molecule has 2 unspecified atom stereocenters. The van der Waals surface area contributed by atoms with Gasteiger partial charge in [0.05, 0.1) is 13.1 Å². The summed E-state index contributed by atoms with van der Waals surface area (Å²) in [6.45, 7) is 5.88. The summed E-state index contributed by atoms with van der Waals surface area (Å²) in [6, 6.07) is 15.0. The molecule has 2 saturated carbocycles. The minimum absolute atomic E-state index is 0.0852. The van der Waals surface area contributed by atoms with Crippen LogP contribution in [0.15, 0.2) is 60.2 Å². The zero-order valence-electron chi connectivity index (χ0n) is 24.0. The molecule has 5 nitrogen and oxygen atoms in total. The van der Waals surface area contributed by atoms with Crippen molar-refractivity contribution in [2.24, 2.45) is 11.8 Å². The fourth-order valence-electron chi connectivity index (χ4n) is 7.74. The lowest BCUT2D eigenvalue weighted by molar-refractivity contribution is -0.970. The van der Waals surface area contributed by atoms with E-state index in [1.165, 1.54) is 0 Å². The van der Waals surface area contributed by atoms with Crippen LogP contribution in [0.4, 0.5) is 13.2 Å². The average molecular weight is 572 g/mol. The standard InChI is InChI=1S/C33H41F3N2O3/c1-23(2)20-38(21-25-13-14-25)22-32(41)16-7-6-15-31(32,26-11-8-12-27(39)18-26)19-29(38)37-30(40)28(33(34,35)36)17-24-9-4-3-5-10-24/h3-5,8-12,17-18,23,25,29,41H,6-7,13-16,19-22H2,1-2H3,(H-,37,39,40)/p+1/t29-,31?,32?,38-/m1/s1. The Hall–Kier alpha value is -2.84. The first-order chi connectivity index (χ1) is 19.4. The SMILES string of the molecule is CC(C)C[N@@+]1(CC2CC2)CC2(O)CCCCC2(c2cccc(O)c2)C[C@@H]1NC(=O)C(=Cc1ccccc1)C(F)(F)F. The third kappa shape index (κ3) is 6.05. The van der Waals surface area contributed by atoms with Crippen LogP contribution in [-0.4, -0.2) is 58.2 Å². The second-order valence-electron chi connectivity index (χ2n) is 13.1. The van der Waals surface area contributed by atoms with E-state index in [4.69, 9.17) is 0 Å². The van der Waals surface area contributed by atoms with Crippen LogP contribution in [0.25, 0.3) is 6.08 Å². The van der Waals surface area contributed by atoms with Gasteiger partial charge in [0, 0.05) is 23.7 Å².